The zero-order valence-corrected chi connectivity index (χ0v) is 17.9. The second-order valence-electron chi connectivity index (χ2n) is 7.72. The highest BCUT2D eigenvalue weighted by Gasteiger charge is 2.15. The van der Waals surface area contributed by atoms with E-state index < -0.39 is 11.9 Å². The molecule has 1 aliphatic rings. The number of imidazole rings is 1. The zero-order chi connectivity index (χ0) is 22.8. The molecule has 166 valence electrons. The summed E-state index contributed by atoms with van der Waals surface area (Å²) in [5.41, 5.74) is 4.77. The average molecular weight is 443 g/mol. The second-order valence-corrected chi connectivity index (χ2v) is 7.72. The maximum absolute atomic E-state index is 12.4. The van der Waals surface area contributed by atoms with Gasteiger partial charge in [-0.05, 0) is 42.8 Å². The van der Waals surface area contributed by atoms with Gasteiger partial charge in [-0.25, -0.2) is 9.78 Å². The van der Waals surface area contributed by atoms with E-state index in [9.17, 15) is 9.59 Å². The smallest absolute Gasteiger partial charge is 0.338 e. The number of carbonyl (C=O) groups is 2. The van der Waals surface area contributed by atoms with E-state index in [1.165, 1.54) is 5.56 Å². The molecule has 1 aliphatic heterocycles. The molecule has 8 heteroatoms. The molecule has 0 aliphatic carbocycles. The number of esters is 1. The fraction of sp³-hybridized carbons (Fsp3) is 0.160. The fourth-order valence-electron chi connectivity index (χ4n) is 3.50. The summed E-state index contributed by atoms with van der Waals surface area (Å²) in [6.07, 6.45) is 0. The minimum Gasteiger partial charge on any atom is -0.454 e. The largest absolute Gasteiger partial charge is 0.454 e. The van der Waals surface area contributed by atoms with Crippen molar-refractivity contribution in [1.82, 2.24) is 15.3 Å². The lowest BCUT2D eigenvalue weighted by atomic mass is 10.1. The highest BCUT2D eigenvalue weighted by atomic mass is 16.7. The predicted molar refractivity (Wildman–Crippen MR) is 121 cm³/mol. The number of hydrogen-bond donors (Lipinski definition) is 2. The Hall–Kier alpha value is -4.33. The second kappa shape index (κ2) is 8.66. The Balaban J connectivity index is 1.18. The molecular weight excluding hydrogens is 422 g/mol. The summed E-state index contributed by atoms with van der Waals surface area (Å²) >= 11 is 0. The van der Waals surface area contributed by atoms with E-state index in [1.807, 2.05) is 37.3 Å². The third kappa shape index (κ3) is 4.50. The molecule has 0 fully saturated rings. The van der Waals surface area contributed by atoms with Gasteiger partial charge >= 0.3 is 5.97 Å². The number of hydrogen-bond acceptors (Lipinski definition) is 6. The van der Waals surface area contributed by atoms with Crippen LogP contribution in [0.15, 0.2) is 60.7 Å². The number of nitrogens with zero attached hydrogens (tertiary/aromatic N) is 1. The highest BCUT2D eigenvalue weighted by molar-refractivity contribution is 5.95. The van der Waals surface area contributed by atoms with Crippen molar-refractivity contribution in [3.05, 3.63) is 77.4 Å². The van der Waals surface area contributed by atoms with Gasteiger partial charge in [-0.1, -0.05) is 35.9 Å². The molecule has 2 N–H and O–H groups in total. The van der Waals surface area contributed by atoms with E-state index >= 15 is 0 Å². The molecule has 0 radical (unpaired) electrons. The van der Waals surface area contributed by atoms with Crippen LogP contribution in [0.5, 0.6) is 11.5 Å². The summed E-state index contributed by atoms with van der Waals surface area (Å²) in [5.74, 6) is 1.07. The zero-order valence-electron chi connectivity index (χ0n) is 17.9. The molecule has 1 amide bonds. The van der Waals surface area contributed by atoms with Gasteiger partial charge in [0.25, 0.3) is 5.91 Å². The minimum absolute atomic E-state index is 0.193. The Morgan fingerprint density at radius 2 is 1.85 bits per heavy atom. The summed E-state index contributed by atoms with van der Waals surface area (Å²) < 4.78 is 15.8. The van der Waals surface area contributed by atoms with Crippen LogP contribution in [-0.4, -0.2) is 35.2 Å². The Labute approximate surface area is 189 Å². The number of aromatic nitrogens is 2. The van der Waals surface area contributed by atoms with Crippen molar-refractivity contribution in [3.63, 3.8) is 0 Å². The number of amides is 1. The molecule has 0 saturated carbocycles. The maximum atomic E-state index is 12.4. The van der Waals surface area contributed by atoms with Crippen LogP contribution in [0.3, 0.4) is 0 Å². The molecule has 3 aromatic carbocycles. The number of rotatable bonds is 6. The van der Waals surface area contributed by atoms with Crippen LogP contribution in [-0.2, 0) is 16.1 Å². The van der Waals surface area contributed by atoms with Gasteiger partial charge in [0.2, 0.25) is 6.79 Å². The van der Waals surface area contributed by atoms with E-state index in [0.717, 1.165) is 22.5 Å². The SMILES string of the molecule is Cc1ccc(-c2nc3ccc(C(=O)OCC(=O)NCc4ccc5c(c4)OCO5)cc3[nH]2)cc1. The van der Waals surface area contributed by atoms with E-state index in [4.69, 9.17) is 14.2 Å². The number of ether oxygens (including phenoxy) is 3. The molecule has 0 bridgehead atoms. The average Bonchev–Trinajstić information content (AvgIpc) is 3.47. The molecule has 33 heavy (non-hydrogen) atoms. The number of fused-ring (bicyclic) bond motifs is 2. The molecule has 1 aromatic heterocycles. The molecule has 0 atom stereocenters. The van der Waals surface area contributed by atoms with Crippen LogP contribution in [0, 0.1) is 6.92 Å². The molecule has 0 saturated heterocycles. The normalized spacial score (nSPS) is 12.0. The first kappa shape index (κ1) is 20.6. The topological polar surface area (TPSA) is 103 Å². The van der Waals surface area contributed by atoms with Gasteiger partial charge in [0.05, 0.1) is 16.6 Å². The molecular formula is C25H21N3O5. The summed E-state index contributed by atoms with van der Waals surface area (Å²) in [5, 5.41) is 2.72. The van der Waals surface area contributed by atoms with Crippen molar-refractivity contribution < 1.29 is 23.8 Å². The van der Waals surface area contributed by atoms with Crippen LogP contribution in [0.4, 0.5) is 0 Å². The summed E-state index contributed by atoms with van der Waals surface area (Å²) in [4.78, 5) is 32.4. The van der Waals surface area contributed by atoms with E-state index in [-0.39, 0.29) is 19.9 Å². The first-order valence-corrected chi connectivity index (χ1v) is 10.4. The fourth-order valence-corrected chi connectivity index (χ4v) is 3.50. The van der Waals surface area contributed by atoms with E-state index in [2.05, 4.69) is 15.3 Å². The lowest BCUT2D eigenvalue weighted by Crippen LogP contribution is -2.28. The first-order chi connectivity index (χ1) is 16.0. The number of benzene rings is 3. The quantitative estimate of drug-likeness (QED) is 0.440. The summed E-state index contributed by atoms with van der Waals surface area (Å²) in [6.45, 7) is 2.13. The Bertz CT molecular complexity index is 1340. The molecule has 0 unspecified atom stereocenters. The minimum atomic E-state index is -0.582. The van der Waals surface area contributed by atoms with Gasteiger partial charge in [-0.15, -0.1) is 0 Å². The van der Waals surface area contributed by atoms with Gasteiger partial charge in [0.1, 0.15) is 5.82 Å². The number of aryl methyl sites for hydroxylation is 1. The van der Waals surface area contributed by atoms with Crippen LogP contribution < -0.4 is 14.8 Å². The predicted octanol–water partition coefficient (Wildman–Crippen LogP) is 3.74. The number of carbonyl (C=O) groups excluding carboxylic acids is 2. The third-order valence-corrected chi connectivity index (χ3v) is 5.30. The Kier molecular flexibility index (Phi) is 5.40. The molecule has 2 heterocycles. The first-order valence-electron chi connectivity index (χ1n) is 10.4. The van der Waals surface area contributed by atoms with Crippen molar-refractivity contribution in [3.8, 4) is 22.9 Å². The summed E-state index contributed by atoms with van der Waals surface area (Å²) in [6, 6.07) is 18.5. The third-order valence-electron chi connectivity index (χ3n) is 5.30. The van der Waals surface area contributed by atoms with Crippen molar-refractivity contribution in [2.45, 2.75) is 13.5 Å². The van der Waals surface area contributed by atoms with Gasteiger partial charge in [-0.2, -0.15) is 0 Å². The highest BCUT2D eigenvalue weighted by Crippen LogP contribution is 2.32. The molecule has 0 spiro atoms. The standard InChI is InChI=1S/C25H21N3O5/c1-15-2-5-17(6-3-15)24-27-19-8-7-18(11-20(19)28-24)25(30)31-13-23(29)26-12-16-4-9-21-22(10-16)33-14-32-21/h2-11H,12-14H2,1H3,(H,26,29)(H,27,28). The van der Waals surface area contributed by atoms with Crippen LogP contribution >= 0.6 is 0 Å². The summed E-state index contributed by atoms with van der Waals surface area (Å²) in [7, 11) is 0. The number of aromatic amines is 1. The van der Waals surface area contributed by atoms with Gasteiger partial charge in [-0.3, -0.25) is 4.79 Å². The van der Waals surface area contributed by atoms with Gasteiger partial charge < -0.3 is 24.5 Å². The van der Waals surface area contributed by atoms with Crippen LogP contribution in [0.25, 0.3) is 22.4 Å². The Morgan fingerprint density at radius 3 is 2.70 bits per heavy atom. The van der Waals surface area contributed by atoms with Crippen LogP contribution in [0.1, 0.15) is 21.5 Å². The van der Waals surface area contributed by atoms with Crippen molar-refractivity contribution in [1.29, 1.82) is 0 Å². The number of H-pyrrole nitrogens is 1. The molecule has 8 nitrogen and oxygen atoms in total. The lowest BCUT2D eigenvalue weighted by molar-refractivity contribution is -0.124. The van der Waals surface area contributed by atoms with Crippen LogP contribution in [0.2, 0.25) is 0 Å². The van der Waals surface area contributed by atoms with Gasteiger partial charge in [0, 0.05) is 12.1 Å². The molecule has 4 aromatic rings. The monoisotopic (exact) mass is 443 g/mol. The van der Waals surface area contributed by atoms with Gasteiger partial charge in [0.15, 0.2) is 18.1 Å². The van der Waals surface area contributed by atoms with Crippen molar-refractivity contribution >= 4 is 22.9 Å². The number of nitrogens with one attached hydrogen (secondary N) is 2. The van der Waals surface area contributed by atoms with Crippen molar-refractivity contribution in [2.75, 3.05) is 13.4 Å². The lowest BCUT2D eigenvalue weighted by Gasteiger charge is -2.07. The van der Waals surface area contributed by atoms with E-state index in [1.54, 1.807) is 30.3 Å². The van der Waals surface area contributed by atoms with Crippen molar-refractivity contribution in [2.24, 2.45) is 0 Å². The van der Waals surface area contributed by atoms with E-state index in [0.29, 0.717) is 22.6 Å². The maximum Gasteiger partial charge on any atom is 0.338 e. The molecule has 5 rings (SSSR count). The Morgan fingerprint density at radius 1 is 1.03 bits per heavy atom.